The van der Waals surface area contributed by atoms with E-state index < -0.39 is 12.3 Å². The first-order valence-electron chi connectivity index (χ1n) is 15.8. The average molecular weight is 633 g/mol. The Hall–Kier alpha value is -3.65. The zero-order valence-corrected chi connectivity index (χ0v) is 27.9. The molecule has 0 aliphatic heterocycles. The van der Waals surface area contributed by atoms with E-state index in [0.29, 0.717) is 64.1 Å². The Kier molecular flexibility index (Phi) is 10.6. The Morgan fingerprint density at radius 1 is 0.911 bits per heavy atom. The summed E-state index contributed by atoms with van der Waals surface area (Å²) in [5.74, 6) is 3.33. The van der Waals surface area contributed by atoms with E-state index in [1.165, 1.54) is 11.8 Å². The summed E-state index contributed by atoms with van der Waals surface area (Å²) in [5.41, 5.74) is 4.09. The molecule has 0 saturated heterocycles. The highest BCUT2D eigenvalue weighted by Crippen LogP contribution is 2.51. The highest BCUT2D eigenvalue weighted by molar-refractivity contribution is 7.98. The van der Waals surface area contributed by atoms with Gasteiger partial charge in [0.05, 0.1) is 26.2 Å². The number of thioether (sulfide) groups is 1. The molecule has 0 heterocycles. The van der Waals surface area contributed by atoms with Crippen LogP contribution in [0.3, 0.4) is 0 Å². The SMILES string of the molecule is COc1cc2c(c(OC)c1OC)-c1ccc(SCc3ccccc3)c(=O)cc1[C@H](OC(=O)O[C@@H]1C[C@H](C)CC[C@H]1C(C)C)CC2. The van der Waals surface area contributed by atoms with Crippen LogP contribution in [0.2, 0.25) is 0 Å². The fourth-order valence-electron chi connectivity index (χ4n) is 6.76. The molecule has 8 heteroatoms. The lowest BCUT2D eigenvalue weighted by Gasteiger charge is -2.36. The molecular weight excluding hydrogens is 588 g/mol. The van der Waals surface area contributed by atoms with Gasteiger partial charge < -0.3 is 23.7 Å². The fourth-order valence-corrected chi connectivity index (χ4v) is 7.64. The molecule has 0 N–H and O–H groups in total. The molecule has 4 atom stereocenters. The second kappa shape index (κ2) is 14.6. The van der Waals surface area contributed by atoms with Crippen molar-refractivity contribution in [1.82, 2.24) is 0 Å². The number of aryl methyl sites for hydroxylation is 1. The zero-order valence-electron chi connectivity index (χ0n) is 27.1. The molecule has 7 nitrogen and oxygen atoms in total. The van der Waals surface area contributed by atoms with E-state index in [-0.39, 0.29) is 11.5 Å². The largest absolute Gasteiger partial charge is 0.509 e. The number of rotatable bonds is 9. The van der Waals surface area contributed by atoms with Crippen molar-refractivity contribution in [3.63, 3.8) is 0 Å². The molecule has 3 aromatic rings. The van der Waals surface area contributed by atoms with Gasteiger partial charge in [-0.3, -0.25) is 4.79 Å². The number of benzene rings is 2. The average Bonchev–Trinajstić information content (AvgIpc) is 3.27. The molecule has 45 heavy (non-hydrogen) atoms. The number of ether oxygens (including phenoxy) is 5. The first-order chi connectivity index (χ1) is 21.7. The lowest BCUT2D eigenvalue weighted by molar-refractivity contribution is -0.0467. The van der Waals surface area contributed by atoms with Gasteiger partial charge in [0.15, 0.2) is 16.9 Å². The van der Waals surface area contributed by atoms with Crippen LogP contribution in [0.1, 0.15) is 69.2 Å². The van der Waals surface area contributed by atoms with Crippen LogP contribution < -0.4 is 19.6 Å². The van der Waals surface area contributed by atoms with Gasteiger partial charge >= 0.3 is 6.16 Å². The van der Waals surface area contributed by atoms with Crippen LogP contribution in [0.25, 0.3) is 11.1 Å². The normalized spacial score (nSPS) is 20.8. The van der Waals surface area contributed by atoms with Crippen molar-refractivity contribution in [2.24, 2.45) is 17.8 Å². The van der Waals surface area contributed by atoms with Crippen LogP contribution in [0.15, 0.2) is 64.3 Å². The van der Waals surface area contributed by atoms with Crippen molar-refractivity contribution in [2.45, 2.75) is 75.7 Å². The minimum atomic E-state index is -0.702. The standard InChI is InChI=1S/C37H44O7S/c1-22(2)26-14-12-23(3)18-31(26)44-37(39)43-30-16-13-25-19-32(40-4)35(41-5)36(42-6)34(25)27-15-17-33(29(38)20-28(27)30)45-21-24-10-8-7-9-11-24/h7-11,15,17,19-20,22-23,26,30-31H,12-14,16,18,21H2,1-6H3/t23-,26+,30-,31-/m1/s1. The number of hydrogen-bond acceptors (Lipinski definition) is 8. The molecule has 2 aliphatic rings. The van der Waals surface area contributed by atoms with Gasteiger partial charge in [-0.1, -0.05) is 63.6 Å². The summed E-state index contributed by atoms with van der Waals surface area (Å²) >= 11 is 1.48. The van der Waals surface area contributed by atoms with Gasteiger partial charge in [-0.25, -0.2) is 4.79 Å². The van der Waals surface area contributed by atoms with Gasteiger partial charge in [0.2, 0.25) is 5.75 Å². The van der Waals surface area contributed by atoms with Gasteiger partial charge in [0, 0.05) is 16.9 Å². The third-order valence-electron chi connectivity index (χ3n) is 9.13. The summed E-state index contributed by atoms with van der Waals surface area (Å²) in [4.78, 5) is 27.8. The van der Waals surface area contributed by atoms with E-state index >= 15 is 0 Å². The lowest BCUT2D eigenvalue weighted by atomic mass is 9.75. The predicted molar refractivity (Wildman–Crippen MR) is 178 cm³/mol. The highest BCUT2D eigenvalue weighted by atomic mass is 32.2. The van der Waals surface area contributed by atoms with Crippen molar-refractivity contribution >= 4 is 17.9 Å². The summed E-state index contributed by atoms with van der Waals surface area (Å²) in [5, 5.41) is 0. The maximum absolute atomic E-state index is 13.7. The third kappa shape index (κ3) is 7.27. The molecule has 0 unspecified atom stereocenters. The molecule has 2 aliphatic carbocycles. The third-order valence-corrected chi connectivity index (χ3v) is 10.3. The minimum absolute atomic E-state index is 0.136. The molecule has 0 bridgehead atoms. The van der Waals surface area contributed by atoms with Crippen LogP contribution in [0.4, 0.5) is 4.79 Å². The number of carbonyl (C=O) groups is 1. The fraction of sp³-hybridized carbons (Fsp3) is 0.459. The molecular formula is C37H44O7S. The smallest absolute Gasteiger partial charge is 0.493 e. The van der Waals surface area contributed by atoms with Gasteiger partial charge in [-0.05, 0) is 78.3 Å². The molecule has 0 spiro atoms. The van der Waals surface area contributed by atoms with Crippen LogP contribution in [0.5, 0.6) is 17.2 Å². The van der Waals surface area contributed by atoms with Gasteiger partial charge in [-0.15, -0.1) is 11.8 Å². The van der Waals surface area contributed by atoms with Crippen molar-refractivity contribution in [2.75, 3.05) is 21.3 Å². The monoisotopic (exact) mass is 632 g/mol. The maximum Gasteiger partial charge on any atom is 0.509 e. The van der Waals surface area contributed by atoms with Gasteiger partial charge in [0.1, 0.15) is 12.2 Å². The molecule has 0 radical (unpaired) electrons. The van der Waals surface area contributed by atoms with Crippen molar-refractivity contribution in [1.29, 1.82) is 0 Å². The van der Waals surface area contributed by atoms with E-state index in [2.05, 4.69) is 20.8 Å². The summed E-state index contributed by atoms with van der Waals surface area (Å²) in [6.07, 6.45) is 2.41. The van der Waals surface area contributed by atoms with E-state index in [9.17, 15) is 9.59 Å². The molecule has 5 rings (SSSR count). The lowest BCUT2D eigenvalue weighted by Crippen LogP contribution is -2.36. The summed E-state index contributed by atoms with van der Waals surface area (Å²) < 4.78 is 29.5. The van der Waals surface area contributed by atoms with Gasteiger partial charge in [-0.2, -0.15) is 0 Å². The second-order valence-corrected chi connectivity index (χ2v) is 13.4. The molecule has 3 aromatic carbocycles. The van der Waals surface area contributed by atoms with Crippen LogP contribution in [0, 0.1) is 17.8 Å². The van der Waals surface area contributed by atoms with Crippen molar-refractivity contribution < 1.29 is 28.5 Å². The summed E-state index contributed by atoms with van der Waals surface area (Å²) in [6.45, 7) is 6.57. The molecule has 0 aromatic heterocycles. The molecule has 240 valence electrons. The summed E-state index contributed by atoms with van der Waals surface area (Å²) in [7, 11) is 4.75. The number of carbonyl (C=O) groups excluding carboxylic acids is 1. The first-order valence-corrected chi connectivity index (χ1v) is 16.8. The second-order valence-electron chi connectivity index (χ2n) is 12.4. The van der Waals surface area contributed by atoms with Crippen LogP contribution in [-0.2, 0) is 21.6 Å². The van der Waals surface area contributed by atoms with Crippen LogP contribution in [-0.4, -0.2) is 33.6 Å². The zero-order chi connectivity index (χ0) is 32.1. The Morgan fingerprint density at radius 3 is 2.36 bits per heavy atom. The number of fused-ring (bicyclic) bond motifs is 3. The Balaban J connectivity index is 1.56. The summed E-state index contributed by atoms with van der Waals surface area (Å²) in [6, 6.07) is 17.4. The van der Waals surface area contributed by atoms with Gasteiger partial charge in [0.25, 0.3) is 0 Å². The Bertz CT molecular complexity index is 1550. The first kappa shape index (κ1) is 32.7. The quantitative estimate of drug-likeness (QED) is 0.171. The van der Waals surface area contributed by atoms with E-state index in [0.717, 1.165) is 41.5 Å². The van der Waals surface area contributed by atoms with E-state index in [1.54, 1.807) is 27.4 Å². The van der Waals surface area contributed by atoms with Crippen molar-refractivity contribution in [3.8, 4) is 28.4 Å². The maximum atomic E-state index is 13.7. The Morgan fingerprint density at radius 2 is 1.67 bits per heavy atom. The topological polar surface area (TPSA) is 80.3 Å². The van der Waals surface area contributed by atoms with Crippen LogP contribution >= 0.6 is 11.8 Å². The van der Waals surface area contributed by atoms with Crippen molar-refractivity contribution in [3.05, 3.63) is 81.5 Å². The van der Waals surface area contributed by atoms with E-state index in [1.807, 2.05) is 48.5 Å². The Labute approximate surface area is 270 Å². The minimum Gasteiger partial charge on any atom is -0.493 e. The molecule has 1 saturated carbocycles. The molecule has 0 amide bonds. The molecule has 1 fully saturated rings. The highest BCUT2D eigenvalue weighted by Gasteiger charge is 2.36. The number of methoxy groups -OCH3 is 3. The predicted octanol–water partition coefficient (Wildman–Crippen LogP) is 8.63. The number of hydrogen-bond donors (Lipinski definition) is 0. The van der Waals surface area contributed by atoms with E-state index in [4.69, 9.17) is 23.7 Å².